The number of nitrogens with one attached hydrogen (secondary N) is 1. The highest BCUT2D eigenvalue weighted by atomic mass is 35.5. The van der Waals surface area contributed by atoms with Gasteiger partial charge in [-0.05, 0) is 0 Å². The molecule has 0 amide bonds. The van der Waals surface area contributed by atoms with Crippen LogP contribution in [0, 0.1) is 0 Å². The monoisotopic (exact) mass is 155 g/mol. The predicted molar refractivity (Wildman–Crippen MR) is 34.8 cm³/mol. The van der Waals surface area contributed by atoms with Gasteiger partial charge in [0.05, 0.1) is 13.7 Å². The highest BCUT2D eigenvalue weighted by Crippen LogP contribution is 1.99. The van der Waals surface area contributed by atoms with Gasteiger partial charge in [-0.3, -0.25) is 0 Å². The van der Waals surface area contributed by atoms with Crippen molar-refractivity contribution in [2.75, 3.05) is 13.7 Å². The molecule has 0 atom stereocenters. The van der Waals surface area contributed by atoms with E-state index in [0.717, 1.165) is 0 Å². The highest BCUT2D eigenvalue weighted by molar-refractivity contribution is 6.36. The Balaban J connectivity index is 3.12. The van der Waals surface area contributed by atoms with Crippen LogP contribution in [0.4, 0.5) is 0 Å². The van der Waals surface area contributed by atoms with Gasteiger partial charge in [0.2, 0.25) is 0 Å². The lowest BCUT2D eigenvalue weighted by atomic mass is 10.6. The van der Waals surface area contributed by atoms with E-state index in [1.54, 1.807) is 0 Å². The minimum Gasteiger partial charge on any atom is -0.305 e. The Labute approximate surface area is 58.4 Å². The first kappa shape index (κ1) is 8.24. The van der Waals surface area contributed by atoms with Crippen molar-refractivity contribution >= 4 is 23.2 Å². The van der Waals surface area contributed by atoms with Crippen LogP contribution in [0.5, 0.6) is 0 Å². The van der Waals surface area contributed by atoms with Gasteiger partial charge in [-0.1, -0.05) is 23.2 Å². The molecule has 8 heavy (non-hydrogen) atoms. The van der Waals surface area contributed by atoms with E-state index in [2.05, 4.69) is 10.3 Å². The Bertz CT molecular complexity index is 84.1. The Morgan fingerprint density at radius 2 is 2.50 bits per heavy atom. The van der Waals surface area contributed by atoms with Crippen molar-refractivity contribution in [3.63, 3.8) is 0 Å². The molecule has 0 saturated heterocycles. The van der Waals surface area contributed by atoms with Crippen LogP contribution in [0.1, 0.15) is 0 Å². The first-order valence-electron chi connectivity index (χ1n) is 2.02. The topological polar surface area (TPSA) is 21.3 Å². The summed E-state index contributed by atoms with van der Waals surface area (Å²) in [6, 6.07) is 0. The Kier molecular flexibility index (Phi) is 5.54. The van der Waals surface area contributed by atoms with Crippen LogP contribution in [-0.2, 0) is 4.84 Å². The van der Waals surface area contributed by atoms with Crippen molar-refractivity contribution < 1.29 is 4.84 Å². The third-order valence-electron chi connectivity index (χ3n) is 0.504. The van der Waals surface area contributed by atoms with Gasteiger partial charge in [-0.25, -0.2) is 0 Å². The minimum absolute atomic E-state index is 0.446. The summed E-state index contributed by atoms with van der Waals surface area (Å²) in [6.07, 6.45) is 0. The second-order valence-corrected chi connectivity index (χ2v) is 1.78. The molecule has 0 aliphatic carbocycles. The van der Waals surface area contributed by atoms with Crippen molar-refractivity contribution in [2.45, 2.75) is 0 Å². The second-order valence-electron chi connectivity index (χ2n) is 1.08. The zero-order chi connectivity index (χ0) is 6.41. The lowest BCUT2D eigenvalue weighted by Crippen LogP contribution is -2.12. The summed E-state index contributed by atoms with van der Waals surface area (Å²) in [5, 5.41) is 0.522. The second kappa shape index (κ2) is 5.38. The van der Waals surface area contributed by atoms with Gasteiger partial charge in [0, 0.05) is 10.6 Å². The molecule has 0 spiro atoms. The molecule has 0 aliphatic rings. The minimum atomic E-state index is 0.446. The Morgan fingerprint density at radius 1 is 1.88 bits per heavy atom. The van der Waals surface area contributed by atoms with Crippen LogP contribution in [0.15, 0.2) is 10.6 Å². The Hall–Kier alpha value is 0.240. The zero-order valence-electron chi connectivity index (χ0n) is 4.45. The number of hydrogen-bond donors (Lipinski definition) is 1. The van der Waals surface area contributed by atoms with E-state index in [1.165, 1.54) is 12.6 Å². The van der Waals surface area contributed by atoms with Crippen molar-refractivity contribution in [1.29, 1.82) is 0 Å². The van der Waals surface area contributed by atoms with E-state index in [1.807, 2.05) is 0 Å². The average Bonchev–Trinajstić information content (AvgIpc) is 1.83. The smallest absolute Gasteiger partial charge is 0.0576 e. The van der Waals surface area contributed by atoms with Crippen LogP contribution in [0.3, 0.4) is 0 Å². The van der Waals surface area contributed by atoms with E-state index in [0.29, 0.717) is 11.6 Å². The summed E-state index contributed by atoms with van der Waals surface area (Å²) >= 11 is 10.6. The molecule has 0 aromatic heterocycles. The molecule has 0 bridgehead atoms. The van der Waals surface area contributed by atoms with Crippen molar-refractivity contribution in [2.24, 2.45) is 0 Å². The molecule has 0 aliphatic heterocycles. The number of halogens is 2. The molecule has 0 fully saturated rings. The van der Waals surface area contributed by atoms with Crippen molar-refractivity contribution in [3.05, 3.63) is 10.6 Å². The van der Waals surface area contributed by atoms with Gasteiger partial charge >= 0.3 is 0 Å². The van der Waals surface area contributed by atoms with Crippen LogP contribution >= 0.6 is 23.2 Å². The van der Waals surface area contributed by atoms with E-state index >= 15 is 0 Å². The van der Waals surface area contributed by atoms with Gasteiger partial charge in [-0.2, -0.15) is 5.48 Å². The lowest BCUT2D eigenvalue weighted by molar-refractivity contribution is 0.100. The predicted octanol–water partition coefficient (Wildman–Crippen LogP) is 1.46. The van der Waals surface area contributed by atoms with Crippen molar-refractivity contribution in [3.8, 4) is 0 Å². The summed E-state index contributed by atoms with van der Waals surface area (Å²) in [5.41, 5.74) is 3.80. The third-order valence-corrected chi connectivity index (χ3v) is 1.12. The van der Waals surface area contributed by atoms with Crippen LogP contribution in [0.25, 0.3) is 0 Å². The first-order valence-corrected chi connectivity index (χ1v) is 2.83. The molecule has 0 heterocycles. The van der Waals surface area contributed by atoms with E-state index in [-0.39, 0.29) is 0 Å². The largest absolute Gasteiger partial charge is 0.305 e. The number of hydroxylamine groups is 1. The SMILES string of the molecule is CONCC(Cl)=CCl. The Morgan fingerprint density at radius 3 is 2.88 bits per heavy atom. The molecule has 2 nitrogen and oxygen atoms in total. The molecule has 0 rings (SSSR count). The first-order chi connectivity index (χ1) is 3.81. The molecular formula is C4H7Cl2NO. The van der Waals surface area contributed by atoms with E-state index in [9.17, 15) is 0 Å². The summed E-state index contributed by atoms with van der Waals surface area (Å²) in [7, 11) is 1.51. The average molecular weight is 156 g/mol. The maximum absolute atomic E-state index is 5.43. The standard InChI is InChI=1S/C4H7Cl2NO/c1-8-7-3-4(6)2-5/h2,7H,3H2,1H3. The lowest BCUT2D eigenvalue weighted by Gasteiger charge is -1.96. The fourth-order valence-electron chi connectivity index (χ4n) is 0.180. The molecule has 0 aromatic carbocycles. The van der Waals surface area contributed by atoms with Crippen LogP contribution in [0.2, 0.25) is 0 Å². The molecule has 0 radical (unpaired) electrons. The van der Waals surface area contributed by atoms with Crippen LogP contribution < -0.4 is 5.48 Å². The highest BCUT2D eigenvalue weighted by Gasteiger charge is 1.86. The molecule has 1 N–H and O–H groups in total. The number of rotatable bonds is 3. The molecule has 48 valence electrons. The molecule has 4 heteroatoms. The summed E-state index contributed by atoms with van der Waals surface area (Å²) in [6.45, 7) is 0.446. The van der Waals surface area contributed by atoms with Crippen LogP contribution in [-0.4, -0.2) is 13.7 Å². The molecular weight excluding hydrogens is 149 g/mol. The quantitative estimate of drug-likeness (QED) is 0.624. The fraction of sp³-hybridized carbons (Fsp3) is 0.500. The van der Waals surface area contributed by atoms with Gasteiger partial charge in [0.25, 0.3) is 0 Å². The zero-order valence-corrected chi connectivity index (χ0v) is 5.96. The van der Waals surface area contributed by atoms with Gasteiger partial charge in [0.1, 0.15) is 0 Å². The van der Waals surface area contributed by atoms with Gasteiger partial charge < -0.3 is 4.84 Å². The molecule has 0 aromatic rings. The van der Waals surface area contributed by atoms with Gasteiger partial charge in [0.15, 0.2) is 0 Å². The maximum atomic E-state index is 5.43. The maximum Gasteiger partial charge on any atom is 0.0576 e. The third kappa shape index (κ3) is 4.40. The van der Waals surface area contributed by atoms with E-state index < -0.39 is 0 Å². The number of hydrogen-bond acceptors (Lipinski definition) is 2. The van der Waals surface area contributed by atoms with Gasteiger partial charge in [-0.15, -0.1) is 0 Å². The molecule has 0 unspecified atom stereocenters. The molecule has 0 saturated carbocycles. The normalized spacial score (nSPS) is 12.1. The summed E-state index contributed by atoms with van der Waals surface area (Å²) in [4.78, 5) is 4.48. The fourth-order valence-corrected chi connectivity index (χ4v) is 0.311. The van der Waals surface area contributed by atoms with E-state index in [4.69, 9.17) is 23.2 Å². The summed E-state index contributed by atoms with van der Waals surface area (Å²) < 4.78 is 0. The summed E-state index contributed by atoms with van der Waals surface area (Å²) in [5.74, 6) is 0. The van der Waals surface area contributed by atoms with Crippen molar-refractivity contribution in [1.82, 2.24) is 5.48 Å².